The van der Waals surface area contributed by atoms with Crippen molar-refractivity contribution in [2.45, 2.75) is 51.3 Å². The first-order valence-corrected chi connectivity index (χ1v) is 12.8. The molecule has 1 aliphatic heterocycles. The maximum absolute atomic E-state index is 13.5. The van der Waals surface area contributed by atoms with Crippen molar-refractivity contribution >= 4 is 28.9 Å². The van der Waals surface area contributed by atoms with Gasteiger partial charge in [0.25, 0.3) is 0 Å². The molecule has 3 unspecified atom stereocenters. The lowest BCUT2D eigenvalue weighted by Crippen LogP contribution is -2.48. The van der Waals surface area contributed by atoms with Crippen LogP contribution in [0.4, 0.5) is 0 Å². The predicted octanol–water partition coefficient (Wildman–Crippen LogP) is 3.24. The minimum atomic E-state index is -1.01. The number of oxazole rings is 1. The van der Waals surface area contributed by atoms with Crippen LogP contribution in [0.15, 0.2) is 71.2 Å². The molecule has 2 heterocycles. The summed E-state index contributed by atoms with van der Waals surface area (Å²) >= 11 is 0. The Balaban J connectivity index is 1.63. The summed E-state index contributed by atoms with van der Waals surface area (Å²) in [5.41, 5.74) is 2.07. The normalized spacial score (nSPS) is 23.6. The summed E-state index contributed by atoms with van der Waals surface area (Å²) in [7, 11) is 0. The van der Waals surface area contributed by atoms with Crippen LogP contribution in [0.25, 0.3) is 11.1 Å². The quantitative estimate of drug-likeness (QED) is 0.259. The van der Waals surface area contributed by atoms with E-state index < -0.39 is 47.8 Å². The monoisotopic (exact) mass is 519 g/mol. The van der Waals surface area contributed by atoms with E-state index in [1.54, 1.807) is 26.0 Å². The van der Waals surface area contributed by atoms with Crippen LogP contribution in [-0.2, 0) is 25.5 Å². The van der Waals surface area contributed by atoms with Gasteiger partial charge in [-0.2, -0.15) is 0 Å². The number of carbonyl (C=O) groups excluding carboxylic acids is 3. The SMILES string of the molecule is C[C@H](CO)NC(=O)C1CC=CCC(Cc2nc3ccccc3o2)C(=O)OC(c2ccccc2)[C@H](C)NC1=O. The molecule has 0 fully saturated rings. The van der Waals surface area contributed by atoms with Gasteiger partial charge in [-0.25, -0.2) is 4.98 Å². The number of cyclic esters (lactones) is 1. The highest BCUT2D eigenvalue weighted by Gasteiger charge is 2.33. The first-order chi connectivity index (χ1) is 18.4. The van der Waals surface area contributed by atoms with Gasteiger partial charge in [0.05, 0.1) is 18.6 Å². The van der Waals surface area contributed by atoms with E-state index in [2.05, 4.69) is 15.6 Å². The van der Waals surface area contributed by atoms with Crippen molar-refractivity contribution in [2.75, 3.05) is 6.61 Å². The van der Waals surface area contributed by atoms with E-state index in [0.717, 1.165) is 5.56 Å². The van der Waals surface area contributed by atoms with Crippen LogP contribution in [0, 0.1) is 11.8 Å². The second kappa shape index (κ2) is 12.5. The Morgan fingerprint density at radius 3 is 2.55 bits per heavy atom. The molecule has 9 heteroatoms. The molecule has 1 aliphatic rings. The minimum Gasteiger partial charge on any atom is -0.455 e. The molecule has 3 aromatic rings. The molecule has 0 saturated carbocycles. The van der Waals surface area contributed by atoms with Crippen LogP contribution in [0.3, 0.4) is 0 Å². The molecule has 0 spiro atoms. The fourth-order valence-electron chi connectivity index (χ4n) is 4.42. The van der Waals surface area contributed by atoms with Gasteiger partial charge in [0, 0.05) is 12.5 Å². The fraction of sp³-hybridized carbons (Fsp3) is 0.379. The van der Waals surface area contributed by atoms with Gasteiger partial charge in [-0.05, 0) is 44.4 Å². The highest BCUT2D eigenvalue weighted by atomic mass is 16.5. The fourth-order valence-corrected chi connectivity index (χ4v) is 4.42. The van der Waals surface area contributed by atoms with E-state index in [4.69, 9.17) is 9.15 Å². The number of benzene rings is 2. The van der Waals surface area contributed by atoms with E-state index in [1.807, 2.05) is 54.6 Å². The second-order valence-electron chi connectivity index (χ2n) is 9.63. The van der Waals surface area contributed by atoms with Gasteiger partial charge in [0.1, 0.15) is 17.5 Å². The van der Waals surface area contributed by atoms with Crippen LogP contribution in [-0.4, -0.2) is 46.6 Å². The Bertz CT molecular complexity index is 1250. The topological polar surface area (TPSA) is 131 Å². The van der Waals surface area contributed by atoms with Gasteiger partial charge < -0.3 is 24.9 Å². The van der Waals surface area contributed by atoms with E-state index in [0.29, 0.717) is 23.4 Å². The largest absolute Gasteiger partial charge is 0.455 e. The number of hydrogen-bond acceptors (Lipinski definition) is 7. The number of allylic oxidation sites excluding steroid dienone is 2. The summed E-state index contributed by atoms with van der Waals surface area (Å²) in [6.45, 7) is 3.16. The molecular formula is C29H33N3O6. The van der Waals surface area contributed by atoms with Crippen LogP contribution in [0.5, 0.6) is 0 Å². The summed E-state index contributed by atoms with van der Waals surface area (Å²) in [4.78, 5) is 44.0. The highest BCUT2D eigenvalue weighted by molar-refractivity contribution is 6.00. The Morgan fingerprint density at radius 2 is 1.82 bits per heavy atom. The Labute approximate surface area is 221 Å². The van der Waals surface area contributed by atoms with Crippen LogP contribution >= 0.6 is 0 Å². The molecule has 0 radical (unpaired) electrons. The second-order valence-corrected chi connectivity index (χ2v) is 9.63. The van der Waals surface area contributed by atoms with Crippen molar-refractivity contribution in [1.82, 2.24) is 15.6 Å². The van der Waals surface area contributed by atoms with Gasteiger partial charge in [-0.1, -0.05) is 54.6 Å². The maximum atomic E-state index is 13.5. The number of hydrogen-bond donors (Lipinski definition) is 3. The first kappa shape index (κ1) is 27.1. The molecule has 4 rings (SSSR count). The van der Waals surface area contributed by atoms with Crippen molar-refractivity contribution in [3.8, 4) is 0 Å². The third kappa shape index (κ3) is 6.66. The molecule has 5 atom stereocenters. The van der Waals surface area contributed by atoms with Gasteiger partial charge >= 0.3 is 5.97 Å². The van der Waals surface area contributed by atoms with E-state index >= 15 is 0 Å². The lowest BCUT2D eigenvalue weighted by molar-refractivity contribution is -0.157. The molecule has 0 aliphatic carbocycles. The maximum Gasteiger partial charge on any atom is 0.310 e. The lowest BCUT2D eigenvalue weighted by atomic mass is 9.96. The van der Waals surface area contributed by atoms with Crippen molar-refractivity contribution in [2.24, 2.45) is 11.8 Å². The number of fused-ring (bicyclic) bond motifs is 1. The zero-order chi connectivity index (χ0) is 27.1. The Hall–Kier alpha value is -3.98. The molecule has 38 heavy (non-hydrogen) atoms. The minimum absolute atomic E-state index is 0.142. The number of nitrogens with zero attached hydrogens (tertiary/aromatic N) is 1. The van der Waals surface area contributed by atoms with Crippen molar-refractivity contribution in [1.29, 1.82) is 0 Å². The lowest BCUT2D eigenvalue weighted by Gasteiger charge is -2.29. The van der Waals surface area contributed by atoms with Gasteiger partial charge in [0.15, 0.2) is 11.5 Å². The molecule has 2 amide bonds. The summed E-state index contributed by atoms with van der Waals surface area (Å²) in [6, 6.07) is 15.5. The number of aliphatic hydroxyl groups is 1. The summed E-state index contributed by atoms with van der Waals surface area (Å²) in [5, 5.41) is 14.9. The number of aromatic nitrogens is 1. The first-order valence-electron chi connectivity index (χ1n) is 12.8. The average molecular weight is 520 g/mol. The Kier molecular flexibility index (Phi) is 8.91. The van der Waals surface area contributed by atoms with Crippen LogP contribution in [0.2, 0.25) is 0 Å². The third-order valence-corrected chi connectivity index (χ3v) is 6.54. The zero-order valence-electron chi connectivity index (χ0n) is 21.5. The van der Waals surface area contributed by atoms with Crippen molar-refractivity contribution < 1.29 is 28.6 Å². The van der Waals surface area contributed by atoms with E-state index in [1.165, 1.54) is 0 Å². The number of amides is 2. The summed E-state index contributed by atoms with van der Waals surface area (Å²) < 4.78 is 11.9. The molecule has 2 aromatic carbocycles. The molecular weight excluding hydrogens is 486 g/mol. The zero-order valence-corrected chi connectivity index (χ0v) is 21.5. The number of nitrogens with one attached hydrogen (secondary N) is 2. The number of esters is 1. The standard InChI is InChI=1S/C29H33N3O6/c1-18(17-33)30-27(34)22-13-7-6-12-21(16-25-32-23-14-8-9-15-24(23)37-25)29(36)38-26(19(2)31-28(22)35)20-10-4-3-5-11-20/h3-11,14-15,18-19,21-22,26,33H,12-13,16-17H2,1-2H3,(H,30,34)(H,31,35)/t18-,19+,21?,22?,26?/m1/s1. The van der Waals surface area contributed by atoms with E-state index in [-0.39, 0.29) is 19.4 Å². The third-order valence-electron chi connectivity index (χ3n) is 6.54. The van der Waals surface area contributed by atoms with Crippen molar-refractivity contribution in [3.63, 3.8) is 0 Å². The smallest absolute Gasteiger partial charge is 0.310 e. The average Bonchev–Trinajstić information content (AvgIpc) is 3.33. The number of ether oxygens (including phenoxy) is 1. The Morgan fingerprint density at radius 1 is 1.11 bits per heavy atom. The number of rotatable bonds is 6. The van der Waals surface area contributed by atoms with Gasteiger partial charge in [0.2, 0.25) is 11.8 Å². The highest BCUT2D eigenvalue weighted by Crippen LogP contribution is 2.27. The van der Waals surface area contributed by atoms with Crippen LogP contribution < -0.4 is 10.6 Å². The molecule has 0 bridgehead atoms. The molecule has 0 saturated heterocycles. The molecule has 200 valence electrons. The van der Waals surface area contributed by atoms with E-state index in [9.17, 15) is 19.5 Å². The number of aliphatic hydroxyl groups excluding tert-OH is 1. The van der Waals surface area contributed by atoms with Crippen LogP contribution in [0.1, 0.15) is 44.2 Å². The predicted molar refractivity (Wildman–Crippen MR) is 141 cm³/mol. The van der Waals surface area contributed by atoms with Crippen molar-refractivity contribution in [3.05, 3.63) is 78.2 Å². The van der Waals surface area contributed by atoms with Gasteiger partial charge in [-0.15, -0.1) is 0 Å². The summed E-state index contributed by atoms with van der Waals surface area (Å²) in [5.74, 6) is -2.56. The molecule has 1 aromatic heterocycles. The van der Waals surface area contributed by atoms with Gasteiger partial charge in [-0.3, -0.25) is 14.4 Å². The summed E-state index contributed by atoms with van der Waals surface area (Å²) in [6.07, 6.45) is 3.42. The number of para-hydroxylation sites is 2. The number of carbonyl (C=O) groups is 3. The molecule has 3 N–H and O–H groups in total. The molecule has 9 nitrogen and oxygen atoms in total.